The van der Waals surface area contributed by atoms with Crippen molar-refractivity contribution in [2.24, 2.45) is 0 Å². The van der Waals surface area contributed by atoms with E-state index >= 15 is 0 Å². The second-order valence-electron chi connectivity index (χ2n) is 6.91. The van der Waals surface area contributed by atoms with Crippen LogP contribution in [0.3, 0.4) is 0 Å². The van der Waals surface area contributed by atoms with Gasteiger partial charge in [-0.3, -0.25) is 4.79 Å². The van der Waals surface area contributed by atoms with Crippen LogP contribution >= 0.6 is 0 Å². The fourth-order valence-corrected chi connectivity index (χ4v) is 2.97. The van der Waals surface area contributed by atoms with Crippen molar-refractivity contribution in [3.8, 4) is 6.07 Å². The quantitative estimate of drug-likeness (QED) is 0.630. The summed E-state index contributed by atoms with van der Waals surface area (Å²) in [5.41, 5.74) is 3.29. The molecule has 0 saturated carbocycles. The molecule has 0 aliphatic rings. The third-order valence-electron chi connectivity index (χ3n) is 4.45. The number of anilines is 2. The first kappa shape index (κ1) is 20.0. The molecule has 0 atom stereocenters. The standard InChI is InChI=1S/C23H21FN4O/c1-15(2)20-10-11-26-22(28-19-5-3-4-17(12-19)13-25)21(20)23(29)27-14-16-6-8-18(24)9-7-16/h3-12,15H,14H2,1-2H3,(H,26,28)(H,27,29). The molecule has 3 aromatic rings. The lowest BCUT2D eigenvalue weighted by Crippen LogP contribution is -2.25. The molecule has 0 unspecified atom stereocenters. The lowest BCUT2D eigenvalue weighted by molar-refractivity contribution is 0.0950. The van der Waals surface area contributed by atoms with E-state index in [2.05, 4.69) is 21.7 Å². The van der Waals surface area contributed by atoms with Crippen LogP contribution in [0.25, 0.3) is 0 Å². The number of nitrogens with one attached hydrogen (secondary N) is 2. The molecule has 1 heterocycles. The smallest absolute Gasteiger partial charge is 0.255 e. The number of hydrogen-bond acceptors (Lipinski definition) is 4. The Balaban J connectivity index is 1.89. The number of aromatic nitrogens is 1. The number of nitrogens with zero attached hydrogens (tertiary/aromatic N) is 2. The van der Waals surface area contributed by atoms with Gasteiger partial charge in [0.1, 0.15) is 11.6 Å². The molecule has 146 valence electrons. The zero-order chi connectivity index (χ0) is 20.8. The predicted octanol–water partition coefficient (Wildman–Crippen LogP) is 4.89. The highest BCUT2D eigenvalue weighted by Gasteiger charge is 2.20. The monoisotopic (exact) mass is 388 g/mol. The van der Waals surface area contributed by atoms with Crippen molar-refractivity contribution in [2.75, 3.05) is 5.32 Å². The molecule has 2 N–H and O–H groups in total. The number of halogens is 1. The minimum absolute atomic E-state index is 0.107. The molecule has 0 saturated heterocycles. The fraction of sp³-hybridized carbons (Fsp3) is 0.174. The van der Waals surface area contributed by atoms with E-state index in [4.69, 9.17) is 5.26 Å². The zero-order valence-corrected chi connectivity index (χ0v) is 16.2. The summed E-state index contributed by atoms with van der Waals surface area (Å²) in [6.07, 6.45) is 1.66. The van der Waals surface area contributed by atoms with E-state index in [0.29, 0.717) is 22.6 Å². The van der Waals surface area contributed by atoms with Gasteiger partial charge < -0.3 is 10.6 Å². The summed E-state index contributed by atoms with van der Waals surface area (Å²) in [6.45, 7) is 4.28. The van der Waals surface area contributed by atoms with Gasteiger partial charge in [-0.05, 0) is 53.4 Å². The number of amides is 1. The van der Waals surface area contributed by atoms with E-state index in [1.807, 2.05) is 26.0 Å². The average molecular weight is 388 g/mol. The minimum atomic E-state index is -0.319. The molecular weight excluding hydrogens is 367 g/mol. The normalized spacial score (nSPS) is 10.4. The molecule has 0 aliphatic heterocycles. The second kappa shape index (κ2) is 8.98. The summed E-state index contributed by atoms with van der Waals surface area (Å²) in [5, 5.41) is 15.1. The molecule has 0 bridgehead atoms. The molecule has 5 nitrogen and oxygen atoms in total. The van der Waals surface area contributed by atoms with E-state index < -0.39 is 0 Å². The van der Waals surface area contributed by atoms with Gasteiger partial charge in [0.15, 0.2) is 0 Å². The van der Waals surface area contributed by atoms with E-state index in [1.54, 1.807) is 36.5 Å². The number of carbonyl (C=O) groups excluding carboxylic acids is 1. The van der Waals surface area contributed by atoms with Gasteiger partial charge in [0, 0.05) is 18.4 Å². The molecule has 0 fully saturated rings. The van der Waals surface area contributed by atoms with Crippen LogP contribution in [0.5, 0.6) is 0 Å². The Kier molecular flexibility index (Phi) is 6.20. The first-order chi connectivity index (χ1) is 14.0. The molecule has 1 amide bonds. The maximum absolute atomic E-state index is 13.1. The molecule has 1 aromatic heterocycles. The number of hydrogen-bond donors (Lipinski definition) is 2. The molecule has 29 heavy (non-hydrogen) atoms. The highest BCUT2D eigenvalue weighted by Crippen LogP contribution is 2.27. The van der Waals surface area contributed by atoms with Gasteiger partial charge in [0.2, 0.25) is 0 Å². The van der Waals surface area contributed by atoms with Gasteiger partial charge in [-0.15, -0.1) is 0 Å². The third-order valence-corrected chi connectivity index (χ3v) is 4.45. The Bertz CT molecular complexity index is 1060. The van der Waals surface area contributed by atoms with Crippen LogP contribution in [0.2, 0.25) is 0 Å². The number of carbonyl (C=O) groups is 1. The summed E-state index contributed by atoms with van der Waals surface area (Å²) in [4.78, 5) is 17.4. The topological polar surface area (TPSA) is 77.8 Å². The van der Waals surface area contributed by atoms with Crippen molar-refractivity contribution in [1.29, 1.82) is 5.26 Å². The SMILES string of the molecule is CC(C)c1ccnc(Nc2cccc(C#N)c2)c1C(=O)NCc1ccc(F)cc1. The Labute approximate surface area is 169 Å². The van der Waals surface area contributed by atoms with E-state index in [0.717, 1.165) is 11.1 Å². The van der Waals surface area contributed by atoms with Crippen LogP contribution in [-0.4, -0.2) is 10.9 Å². The van der Waals surface area contributed by atoms with Crippen LogP contribution < -0.4 is 10.6 Å². The Morgan fingerprint density at radius 3 is 2.62 bits per heavy atom. The highest BCUT2D eigenvalue weighted by molar-refractivity contribution is 6.01. The van der Waals surface area contributed by atoms with Crippen molar-refractivity contribution in [3.05, 3.63) is 88.9 Å². The highest BCUT2D eigenvalue weighted by atomic mass is 19.1. The maximum atomic E-state index is 13.1. The van der Waals surface area contributed by atoms with Gasteiger partial charge in [-0.2, -0.15) is 5.26 Å². The summed E-state index contributed by atoms with van der Waals surface area (Å²) in [7, 11) is 0. The zero-order valence-electron chi connectivity index (χ0n) is 16.2. The van der Waals surface area contributed by atoms with Gasteiger partial charge in [-0.25, -0.2) is 9.37 Å². The Morgan fingerprint density at radius 1 is 1.17 bits per heavy atom. The number of nitriles is 1. The van der Waals surface area contributed by atoms with Crippen molar-refractivity contribution in [2.45, 2.75) is 26.3 Å². The first-order valence-electron chi connectivity index (χ1n) is 9.26. The lowest BCUT2D eigenvalue weighted by Gasteiger charge is -2.17. The van der Waals surface area contributed by atoms with Crippen LogP contribution in [0, 0.1) is 17.1 Å². The van der Waals surface area contributed by atoms with Crippen molar-refractivity contribution in [3.63, 3.8) is 0 Å². The van der Waals surface area contributed by atoms with Crippen molar-refractivity contribution in [1.82, 2.24) is 10.3 Å². The Morgan fingerprint density at radius 2 is 1.93 bits per heavy atom. The molecule has 0 radical (unpaired) electrons. The lowest BCUT2D eigenvalue weighted by atomic mass is 9.97. The van der Waals surface area contributed by atoms with Gasteiger partial charge >= 0.3 is 0 Å². The van der Waals surface area contributed by atoms with Crippen LogP contribution in [0.1, 0.15) is 46.8 Å². The van der Waals surface area contributed by atoms with Crippen LogP contribution in [0.15, 0.2) is 60.8 Å². The average Bonchev–Trinajstić information content (AvgIpc) is 2.73. The van der Waals surface area contributed by atoms with E-state index in [-0.39, 0.29) is 24.2 Å². The number of benzene rings is 2. The molecule has 3 rings (SSSR count). The van der Waals surface area contributed by atoms with E-state index in [9.17, 15) is 9.18 Å². The third kappa shape index (κ3) is 4.96. The maximum Gasteiger partial charge on any atom is 0.255 e. The summed E-state index contributed by atoms with van der Waals surface area (Å²) in [6, 6.07) is 16.9. The largest absolute Gasteiger partial charge is 0.348 e. The molecular formula is C23H21FN4O. The predicted molar refractivity (Wildman–Crippen MR) is 110 cm³/mol. The summed E-state index contributed by atoms with van der Waals surface area (Å²) >= 11 is 0. The summed E-state index contributed by atoms with van der Waals surface area (Å²) < 4.78 is 13.1. The van der Waals surface area contributed by atoms with Crippen LogP contribution in [0.4, 0.5) is 15.9 Å². The molecule has 0 aliphatic carbocycles. The van der Waals surface area contributed by atoms with Gasteiger partial charge in [0.25, 0.3) is 5.91 Å². The number of rotatable bonds is 6. The molecule has 6 heteroatoms. The molecule has 2 aromatic carbocycles. The van der Waals surface area contributed by atoms with Crippen molar-refractivity contribution < 1.29 is 9.18 Å². The van der Waals surface area contributed by atoms with Gasteiger partial charge in [-0.1, -0.05) is 32.0 Å². The fourth-order valence-electron chi connectivity index (χ4n) is 2.97. The Hall–Kier alpha value is -3.72. The second-order valence-corrected chi connectivity index (χ2v) is 6.91. The minimum Gasteiger partial charge on any atom is -0.348 e. The number of pyridine rings is 1. The first-order valence-corrected chi connectivity index (χ1v) is 9.26. The molecule has 0 spiro atoms. The van der Waals surface area contributed by atoms with Crippen LogP contribution in [-0.2, 0) is 6.54 Å². The van der Waals surface area contributed by atoms with E-state index in [1.165, 1.54) is 12.1 Å². The van der Waals surface area contributed by atoms with Crippen molar-refractivity contribution >= 4 is 17.4 Å². The van der Waals surface area contributed by atoms with Gasteiger partial charge in [0.05, 0.1) is 17.2 Å². The summed E-state index contributed by atoms with van der Waals surface area (Å²) in [5.74, 6) is -0.0657.